The minimum atomic E-state index is -0.589. The van der Waals surface area contributed by atoms with Crippen LogP contribution in [0.2, 0.25) is 0 Å². The minimum absolute atomic E-state index is 0.294. The lowest BCUT2D eigenvalue weighted by Crippen LogP contribution is -2.42. The molecule has 2 N–H and O–H groups in total. The van der Waals surface area contributed by atoms with Gasteiger partial charge in [-0.05, 0) is 59.7 Å². The largest absolute Gasteiger partial charge is 0.389 e. The lowest BCUT2D eigenvalue weighted by molar-refractivity contribution is 0.0143. The summed E-state index contributed by atoms with van der Waals surface area (Å²) in [5.41, 5.74) is -0.589. The van der Waals surface area contributed by atoms with Gasteiger partial charge in [0.25, 0.3) is 0 Å². The first kappa shape index (κ1) is 16.9. The number of hydrogen-bond donors (Lipinski definition) is 2. The molecule has 0 fully saturated rings. The van der Waals surface area contributed by atoms with E-state index in [4.69, 9.17) is 0 Å². The molecule has 0 aromatic rings. The third kappa shape index (κ3) is 7.74. The van der Waals surface area contributed by atoms with E-state index in [1.165, 1.54) is 12.8 Å². The SMILES string of the molecule is CC(C)N(C)CCCCNCC(C)(O)C(C)C. The van der Waals surface area contributed by atoms with Crippen LogP contribution in [0.4, 0.5) is 0 Å². The molecule has 0 aliphatic heterocycles. The molecule has 104 valence electrons. The van der Waals surface area contributed by atoms with Crippen molar-refractivity contribution in [2.45, 2.75) is 59.1 Å². The van der Waals surface area contributed by atoms with Gasteiger partial charge in [0.1, 0.15) is 0 Å². The molecule has 0 heterocycles. The summed E-state index contributed by atoms with van der Waals surface area (Å²) in [5, 5.41) is 13.4. The van der Waals surface area contributed by atoms with Crippen molar-refractivity contribution in [1.82, 2.24) is 10.2 Å². The molecule has 0 rings (SSSR count). The summed E-state index contributed by atoms with van der Waals surface area (Å²) < 4.78 is 0. The zero-order valence-electron chi connectivity index (χ0n) is 12.6. The summed E-state index contributed by atoms with van der Waals surface area (Å²) in [6.45, 7) is 13.3. The van der Waals surface area contributed by atoms with Crippen molar-refractivity contribution < 1.29 is 5.11 Å². The number of hydrogen-bond acceptors (Lipinski definition) is 3. The number of aliphatic hydroxyl groups is 1. The third-order valence-electron chi connectivity index (χ3n) is 3.72. The molecule has 0 aliphatic carbocycles. The average molecular weight is 244 g/mol. The second-order valence-electron chi connectivity index (χ2n) is 5.97. The van der Waals surface area contributed by atoms with Crippen LogP contribution in [-0.2, 0) is 0 Å². The number of nitrogens with one attached hydrogen (secondary N) is 1. The van der Waals surface area contributed by atoms with Crippen LogP contribution in [0, 0.1) is 5.92 Å². The van der Waals surface area contributed by atoms with Gasteiger partial charge < -0.3 is 15.3 Å². The highest BCUT2D eigenvalue weighted by Crippen LogP contribution is 2.14. The molecule has 0 aromatic carbocycles. The topological polar surface area (TPSA) is 35.5 Å². The lowest BCUT2D eigenvalue weighted by atomic mass is 9.92. The summed E-state index contributed by atoms with van der Waals surface area (Å²) in [7, 11) is 2.17. The maximum atomic E-state index is 10.0. The van der Waals surface area contributed by atoms with Crippen LogP contribution >= 0.6 is 0 Å². The highest BCUT2D eigenvalue weighted by atomic mass is 16.3. The van der Waals surface area contributed by atoms with E-state index in [-0.39, 0.29) is 0 Å². The van der Waals surface area contributed by atoms with Crippen molar-refractivity contribution in [3.05, 3.63) is 0 Å². The average Bonchev–Trinajstić information content (AvgIpc) is 2.22. The van der Waals surface area contributed by atoms with E-state index < -0.39 is 5.60 Å². The van der Waals surface area contributed by atoms with Gasteiger partial charge in [-0.15, -0.1) is 0 Å². The first-order chi connectivity index (χ1) is 7.77. The second kappa shape index (κ2) is 8.06. The maximum absolute atomic E-state index is 10.0. The molecule has 17 heavy (non-hydrogen) atoms. The number of nitrogens with zero attached hydrogens (tertiary/aromatic N) is 1. The number of unbranched alkanes of at least 4 members (excludes halogenated alkanes) is 1. The Morgan fingerprint density at radius 1 is 1.18 bits per heavy atom. The van der Waals surface area contributed by atoms with Crippen molar-refractivity contribution in [2.24, 2.45) is 5.92 Å². The van der Waals surface area contributed by atoms with Gasteiger partial charge in [0.15, 0.2) is 0 Å². The van der Waals surface area contributed by atoms with E-state index in [0.717, 1.165) is 13.1 Å². The number of rotatable bonds is 9. The van der Waals surface area contributed by atoms with E-state index in [9.17, 15) is 5.11 Å². The molecule has 1 atom stereocenters. The van der Waals surface area contributed by atoms with Gasteiger partial charge in [0.05, 0.1) is 5.60 Å². The Labute approximate surface area is 108 Å². The molecule has 0 saturated carbocycles. The zero-order chi connectivity index (χ0) is 13.5. The van der Waals surface area contributed by atoms with Crippen molar-refractivity contribution >= 4 is 0 Å². The Morgan fingerprint density at radius 3 is 2.24 bits per heavy atom. The summed E-state index contributed by atoms with van der Waals surface area (Å²) in [5.74, 6) is 0.294. The van der Waals surface area contributed by atoms with Crippen LogP contribution in [0.25, 0.3) is 0 Å². The van der Waals surface area contributed by atoms with Gasteiger partial charge in [0, 0.05) is 12.6 Å². The Balaban J connectivity index is 3.48. The van der Waals surface area contributed by atoms with Gasteiger partial charge in [-0.2, -0.15) is 0 Å². The Bertz CT molecular complexity index is 191. The van der Waals surface area contributed by atoms with Gasteiger partial charge in [-0.25, -0.2) is 0 Å². The zero-order valence-corrected chi connectivity index (χ0v) is 12.6. The standard InChI is InChI=1S/C14H32N2O/c1-12(2)14(5,17)11-15-9-7-8-10-16(6)13(3)4/h12-13,15,17H,7-11H2,1-6H3. The molecule has 0 bridgehead atoms. The second-order valence-corrected chi connectivity index (χ2v) is 5.97. The Hall–Kier alpha value is -0.120. The molecule has 0 aliphatic rings. The van der Waals surface area contributed by atoms with E-state index in [1.807, 2.05) is 6.92 Å². The normalized spacial score (nSPS) is 15.9. The fraction of sp³-hybridized carbons (Fsp3) is 1.00. The van der Waals surface area contributed by atoms with E-state index in [0.29, 0.717) is 18.5 Å². The highest BCUT2D eigenvalue weighted by molar-refractivity contribution is 4.78. The predicted molar refractivity (Wildman–Crippen MR) is 75.3 cm³/mol. The van der Waals surface area contributed by atoms with Gasteiger partial charge in [0.2, 0.25) is 0 Å². The van der Waals surface area contributed by atoms with Crippen molar-refractivity contribution in [3.8, 4) is 0 Å². The molecule has 0 spiro atoms. The van der Waals surface area contributed by atoms with Crippen molar-refractivity contribution in [3.63, 3.8) is 0 Å². The van der Waals surface area contributed by atoms with Crippen LogP contribution in [0.3, 0.4) is 0 Å². The molecule has 0 radical (unpaired) electrons. The summed E-state index contributed by atoms with van der Waals surface area (Å²) >= 11 is 0. The van der Waals surface area contributed by atoms with Crippen LogP contribution in [0.5, 0.6) is 0 Å². The fourth-order valence-electron chi connectivity index (χ4n) is 1.41. The van der Waals surface area contributed by atoms with Crippen LogP contribution in [0.1, 0.15) is 47.5 Å². The molecule has 1 unspecified atom stereocenters. The van der Waals surface area contributed by atoms with Crippen LogP contribution < -0.4 is 5.32 Å². The fourth-order valence-corrected chi connectivity index (χ4v) is 1.41. The molecular formula is C14H32N2O. The quantitative estimate of drug-likeness (QED) is 0.610. The molecule has 3 nitrogen and oxygen atoms in total. The van der Waals surface area contributed by atoms with Gasteiger partial charge >= 0.3 is 0 Å². The third-order valence-corrected chi connectivity index (χ3v) is 3.72. The molecule has 0 saturated heterocycles. The predicted octanol–water partition coefficient (Wildman–Crippen LogP) is 2.10. The van der Waals surface area contributed by atoms with Gasteiger partial charge in [-0.3, -0.25) is 0 Å². The minimum Gasteiger partial charge on any atom is -0.389 e. The van der Waals surface area contributed by atoms with E-state index in [2.05, 4.69) is 45.0 Å². The van der Waals surface area contributed by atoms with Crippen molar-refractivity contribution in [2.75, 3.05) is 26.7 Å². The van der Waals surface area contributed by atoms with Crippen LogP contribution in [-0.4, -0.2) is 48.3 Å². The summed E-state index contributed by atoms with van der Waals surface area (Å²) in [6, 6.07) is 0.629. The van der Waals surface area contributed by atoms with E-state index in [1.54, 1.807) is 0 Å². The van der Waals surface area contributed by atoms with Gasteiger partial charge in [-0.1, -0.05) is 13.8 Å². The van der Waals surface area contributed by atoms with Crippen LogP contribution in [0.15, 0.2) is 0 Å². The molecule has 0 amide bonds. The maximum Gasteiger partial charge on any atom is 0.0766 e. The lowest BCUT2D eigenvalue weighted by Gasteiger charge is -2.28. The summed E-state index contributed by atoms with van der Waals surface area (Å²) in [6.07, 6.45) is 2.39. The first-order valence-corrected chi connectivity index (χ1v) is 6.90. The first-order valence-electron chi connectivity index (χ1n) is 6.90. The molecule has 3 heteroatoms. The highest BCUT2D eigenvalue weighted by Gasteiger charge is 2.23. The van der Waals surface area contributed by atoms with Crippen molar-refractivity contribution in [1.29, 1.82) is 0 Å². The van der Waals surface area contributed by atoms with E-state index >= 15 is 0 Å². The Kier molecular flexibility index (Phi) is 8.01. The monoisotopic (exact) mass is 244 g/mol. The summed E-state index contributed by atoms with van der Waals surface area (Å²) in [4.78, 5) is 2.37. The molecular weight excluding hydrogens is 212 g/mol. The Morgan fingerprint density at radius 2 is 1.76 bits per heavy atom. The smallest absolute Gasteiger partial charge is 0.0766 e. The molecule has 0 aromatic heterocycles.